The van der Waals surface area contributed by atoms with Crippen molar-refractivity contribution in [1.82, 2.24) is 4.90 Å². The summed E-state index contributed by atoms with van der Waals surface area (Å²) in [6.45, 7) is 8.24. The van der Waals surface area contributed by atoms with Crippen LogP contribution < -0.4 is 0 Å². The number of hydrogen-bond acceptors (Lipinski definition) is 1. The van der Waals surface area contributed by atoms with Crippen molar-refractivity contribution in [1.29, 1.82) is 0 Å². The molecule has 5 heteroatoms. The Morgan fingerprint density at radius 2 is 1.58 bits per heavy atom. The Balaban J connectivity index is 2.45. The van der Waals surface area contributed by atoms with E-state index in [-0.39, 0.29) is 11.4 Å². The molecule has 2 aliphatic rings. The summed E-state index contributed by atoms with van der Waals surface area (Å²) in [5.41, 5.74) is -1.03. The van der Waals surface area contributed by atoms with Gasteiger partial charge in [0.15, 0.2) is 0 Å². The quantitative estimate of drug-likeness (QED) is 0.489. The highest BCUT2D eigenvalue weighted by Gasteiger charge is 2.62. The van der Waals surface area contributed by atoms with E-state index in [1.807, 2.05) is 52.0 Å². The van der Waals surface area contributed by atoms with Gasteiger partial charge < -0.3 is 4.90 Å². The van der Waals surface area contributed by atoms with Crippen molar-refractivity contribution in [2.24, 2.45) is 5.41 Å². The summed E-state index contributed by atoms with van der Waals surface area (Å²) in [6, 6.07) is 0. The second-order valence-corrected chi connectivity index (χ2v) is 8.64. The predicted molar refractivity (Wildman–Crippen MR) is 80.9 cm³/mol. The number of alkyl halides is 3. The number of hydrogen-bond donors (Lipinski definition) is 0. The summed E-state index contributed by atoms with van der Waals surface area (Å²) in [5, 5.41) is 0. The van der Waals surface area contributed by atoms with Crippen molar-refractivity contribution in [3.05, 3.63) is 24.3 Å². The molecule has 0 unspecified atom stereocenters. The van der Waals surface area contributed by atoms with Gasteiger partial charge in [0.05, 0.1) is 10.3 Å². The van der Waals surface area contributed by atoms with E-state index in [9.17, 15) is 4.79 Å². The predicted octanol–water partition coefficient (Wildman–Crippen LogP) is 3.91. The van der Waals surface area contributed by atoms with Crippen LogP contribution in [0.3, 0.4) is 0 Å². The molecule has 2 nitrogen and oxygen atoms in total. The van der Waals surface area contributed by atoms with Crippen LogP contribution in [0.15, 0.2) is 24.3 Å². The Morgan fingerprint density at radius 3 is 1.95 bits per heavy atom. The van der Waals surface area contributed by atoms with Gasteiger partial charge in [0.1, 0.15) is 0 Å². The van der Waals surface area contributed by atoms with Crippen molar-refractivity contribution in [2.45, 2.75) is 42.4 Å². The maximum atomic E-state index is 12.5. The van der Waals surface area contributed by atoms with Gasteiger partial charge in [-0.05, 0) is 27.7 Å². The molecule has 0 aromatic heterocycles. The van der Waals surface area contributed by atoms with Crippen LogP contribution in [0.25, 0.3) is 0 Å². The lowest BCUT2D eigenvalue weighted by Crippen LogP contribution is -2.44. The Hall–Kier alpha value is -0.180. The Kier molecular flexibility index (Phi) is 3.33. The summed E-state index contributed by atoms with van der Waals surface area (Å²) >= 11 is 19.0. The second-order valence-electron chi connectivity index (χ2n) is 6.49. The minimum Gasteiger partial charge on any atom is -0.334 e. The van der Waals surface area contributed by atoms with E-state index in [0.717, 1.165) is 0 Å². The highest BCUT2D eigenvalue weighted by Crippen LogP contribution is 2.54. The average molecular weight is 323 g/mol. The number of allylic oxidation sites excluding steroid dienone is 2. The summed E-state index contributed by atoms with van der Waals surface area (Å²) < 4.78 is -1.49. The SMILES string of the molecule is CC1(Cl)C=CC2(C=C1)CN(C(C)(C)C)C(=O)C2(Cl)Cl. The molecule has 1 aliphatic carbocycles. The van der Waals surface area contributed by atoms with Crippen molar-refractivity contribution in [3.8, 4) is 0 Å². The van der Waals surface area contributed by atoms with Gasteiger partial charge in [-0.2, -0.15) is 0 Å². The Labute approximate surface area is 129 Å². The zero-order valence-electron chi connectivity index (χ0n) is 11.5. The van der Waals surface area contributed by atoms with Gasteiger partial charge in [-0.1, -0.05) is 47.5 Å². The number of rotatable bonds is 0. The van der Waals surface area contributed by atoms with Gasteiger partial charge in [0.2, 0.25) is 4.33 Å². The van der Waals surface area contributed by atoms with Crippen LogP contribution in [0, 0.1) is 5.41 Å². The fourth-order valence-electron chi connectivity index (χ4n) is 2.39. The van der Waals surface area contributed by atoms with Gasteiger partial charge >= 0.3 is 0 Å². The molecule has 19 heavy (non-hydrogen) atoms. The minimum atomic E-state index is -1.49. The summed E-state index contributed by atoms with van der Waals surface area (Å²) in [7, 11) is 0. The lowest BCUT2D eigenvalue weighted by atomic mass is 9.80. The molecule has 0 N–H and O–H groups in total. The highest BCUT2D eigenvalue weighted by atomic mass is 35.5. The lowest BCUT2D eigenvalue weighted by molar-refractivity contribution is -0.132. The van der Waals surface area contributed by atoms with Gasteiger partial charge in [-0.15, -0.1) is 11.6 Å². The van der Waals surface area contributed by atoms with Crippen LogP contribution >= 0.6 is 34.8 Å². The molecule has 0 radical (unpaired) electrons. The Bertz CT molecular complexity index is 456. The van der Waals surface area contributed by atoms with Crippen molar-refractivity contribution in [3.63, 3.8) is 0 Å². The molecule has 0 aromatic rings. The Morgan fingerprint density at radius 1 is 1.11 bits per heavy atom. The molecular formula is C14H18Cl3NO. The zero-order chi connectivity index (χ0) is 14.7. The standard InChI is InChI=1S/C14H18Cl3NO/c1-11(2,3)18-9-13(14(16,17)10(18)19)7-5-12(4,15)6-8-13/h5-8H,9H2,1-4H3. The van der Waals surface area contributed by atoms with Crippen molar-refractivity contribution >= 4 is 40.7 Å². The number of amides is 1. The van der Waals surface area contributed by atoms with Gasteiger partial charge in [0.25, 0.3) is 5.91 Å². The molecule has 0 atom stereocenters. The fourth-order valence-corrected chi connectivity index (χ4v) is 3.09. The second kappa shape index (κ2) is 4.16. The first-order valence-corrected chi connectivity index (χ1v) is 7.34. The van der Waals surface area contributed by atoms with E-state index in [4.69, 9.17) is 34.8 Å². The van der Waals surface area contributed by atoms with Crippen LogP contribution in [0.4, 0.5) is 0 Å². The molecule has 1 aliphatic heterocycles. The van der Waals surface area contributed by atoms with Crippen molar-refractivity contribution < 1.29 is 4.79 Å². The molecule has 1 heterocycles. The third-order valence-electron chi connectivity index (χ3n) is 3.74. The molecule has 2 rings (SSSR count). The molecule has 1 fully saturated rings. The third kappa shape index (κ3) is 2.32. The fraction of sp³-hybridized carbons (Fsp3) is 0.643. The molecule has 106 valence electrons. The number of halogens is 3. The van der Waals surface area contributed by atoms with Crippen LogP contribution in [-0.4, -0.2) is 32.1 Å². The van der Waals surface area contributed by atoms with E-state index in [2.05, 4.69) is 0 Å². The summed E-state index contributed by atoms with van der Waals surface area (Å²) in [5.74, 6) is -0.254. The average Bonchev–Trinajstić information content (AvgIpc) is 2.43. The third-order valence-corrected chi connectivity index (χ3v) is 5.02. The van der Waals surface area contributed by atoms with E-state index in [1.54, 1.807) is 4.90 Å². The van der Waals surface area contributed by atoms with Crippen LogP contribution in [0.1, 0.15) is 27.7 Å². The number of likely N-dealkylation sites (tertiary alicyclic amines) is 1. The van der Waals surface area contributed by atoms with Crippen LogP contribution in [0.5, 0.6) is 0 Å². The molecular weight excluding hydrogens is 305 g/mol. The van der Waals surface area contributed by atoms with Gasteiger partial charge in [0, 0.05) is 12.1 Å². The van der Waals surface area contributed by atoms with Crippen LogP contribution in [0.2, 0.25) is 0 Å². The minimum absolute atomic E-state index is 0.254. The van der Waals surface area contributed by atoms with E-state index in [1.165, 1.54) is 0 Å². The molecule has 1 spiro atoms. The van der Waals surface area contributed by atoms with Crippen molar-refractivity contribution in [2.75, 3.05) is 6.54 Å². The first-order chi connectivity index (χ1) is 8.41. The van der Waals surface area contributed by atoms with Crippen LogP contribution in [-0.2, 0) is 4.79 Å². The number of nitrogens with zero attached hydrogens (tertiary/aromatic N) is 1. The first-order valence-electron chi connectivity index (χ1n) is 6.21. The molecule has 1 saturated heterocycles. The number of carbonyl (C=O) groups is 1. The first kappa shape index (κ1) is 15.2. The lowest BCUT2D eigenvalue weighted by Gasteiger charge is -2.35. The molecule has 0 bridgehead atoms. The van der Waals surface area contributed by atoms with Gasteiger partial charge in [-0.3, -0.25) is 4.79 Å². The van der Waals surface area contributed by atoms with E-state index in [0.29, 0.717) is 6.54 Å². The van der Waals surface area contributed by atoms with E-state index >= 15 is 0 Å². The maximum Gasteiger partial charge on any atom is 0.260 e. The zero-order valence-corrected chi connectivity index (χ0v) is 13.8. The largest absolute Gasteiger partial charge is 0.334 e. The monoisotopic (exact) mass is 321 g/mol. The number of carbonyl (C=O) groups excluding carboxylic acids is 1. The van der Waals surface area contributed by atoms with E-state index < -0.39 is 14.6 Å². The normalized spacial score (nSPS) is 37.4. The highest BCUT2D eigenvalue weighted by molar-refractivity contribution is 6.59. The maximum absolute atomic E-state index is 12.5. The molecule has 0 aromatic carbocycles. The molecule has 0 saturated carbocycles. The topological polar surface area (TPSA) is 20.3 Å². The smallest absolute Gasteiger partial charge is 0.260 e. The summed E-state index contributed by atoms with van der Waals surface area (Å²) in [4.78, 5) is 13.6. The summed E-state index contributed by atoms with van der Waals surface area (Å²) in [6.07, 6.45) is 7.41. The molecule has 1 amide bonds. The van der Waals surface area contributed by atoms with Gasteiger partial charge in [-0.25, -0.2) is 0 Å².